The molecule has 0 aromatic rings. The molecule has 12 heavy (non-hydrogen) atoms. The maximum absolute atomic E-state index is 11.4. The largest absolute Gasteiger partial charge is 0.392 e. The van der Waals surface area contributed by atoms with Gasteiger partial charge in [-0.2, -0.15) is 0 Å². The standard InChI is InChI=1S/C8H16N2O2/c1-6(11)5-10(2)8(12)7-3-9-4-7/h6-7,9,11H,3-5H2,1-2H3. The number of aliphatic hydroxyl groups is 1. The summed E-state index contributed by atoms with van der Waals surface area (Å²) in [4.78, 5) is 13.0. The van der Waals surface area contributed by atoms with Crippen LogP contribution in [0.2, 0.25) is 0 Å². The fraction of sp³-hybridized carbons (Fsp3) is 0.875. The molecule has 1 unspecified atom stereocenters. The van der Waals surface area contributed by atoms with E-state index in [-0.39, 0.29) is 11.8 Å². The molecular weight excluding hydrogens is 156 g/mol. The van der Waals surface area contributed by atoms with Gasteiger partial charge in [0.1, 0.15) is 0 Å². The summed E-state index contributed by atoms with van der Waals surface area (Å²) in [7, 11) is 1.73. The predicted molar refractivity (Wildman–Crippen MR) is 45.7 cm³/mol. The van der Waals surface area contributed by atoms with Gasteiger partial charge in [-0.25, -0.2) is 0 Å². The van der Waals surface area contributed by atoms with Crippen molar-refractivity contribution in [1.29, 1.82) is 0 Å². The van der Waals surface area contributed by atoms with Crippen LogP contribution in [0.5, 0.6) is 0 Å². The Labute approximate surface area is 72.6 Å². The van der Waals surface area contributed by atoms with Gasteiger partial charge in [0.2, 0.25) is 5.91 Å². The van der Waals surface area contributed by atoms with E-state index >= 15 is 0 Å². The summed E-state index contributed by atoms with van der Waals surface area (Å²) in [6, 6.07) is 0. The Balaban J connectivity index is 2.30. The van der Waals surface area contributed by atoms with Crippen molar-refractivity contribution in [3.8, 4) is 0 Å². The maximum atomic E-state index is 11.4. The van der Waals surface area contributed by atoms with Crippen molar-refractivity contribution in [2.45, 2.75) is 13.0 Å². The monoisotopic (exact) mass is 172 g/mol. The van der Waals surface area contributed by atoms with E-state index in [1.54, 1.807) is 18.9 Å². The highest BCUT2D eigenvalue weighted by Gasteiger charge is 2.27. The van der Waals surface area contributed by atoms with Gasteiger partial charge in [0.15, 0.2) is 0 Å². The molecule has 0 bridgehead atoms. The van der Waals surface area contributed by atoms with Crippen LogP contribution in [0.25, 0.3) is 0 Å². The molecule has 1 aliphatic rings. The van der Waals surface area contributed by atoms with Crippen molar-refractivity contribution in [3.05, 3.63) is 0 Å². The Morgan fingerprint density at radius 1 is 1.75 bits per heavy atom. The third-order valence-corrected chi connectivity index (χ3v) is 2.05. The molecule has 1 atom stereocenters. The van der Waals surface area contributed by atoms with Crippen molar-refractivity contribution in [3.63, 3.8) is 0 Å². The zero-order valence-corrected chi connectivity index (χ0v) is 7.58. The van der Waals surface area contributed by atoms with Crippen molar-refractivity contribution in [2.24, 2.45) is 5.92 Å². The van der Waals surface area contributed by atoms with E-state index in [4.69, 9.17) is 5.11 Å². The predicted octanol–water partition coefficient (Wildman–Crippen LogP) is -0.955. The van der Waals surface area contributed by atoms with E-state index in [1.807, 2.05) is 0 Å². The molecule has 4 nitrogen and oxygen atoms in total. The Morgan fingerprint density at radius 3 is 2.67 bits per heavy atom. The highest BCUT2D eigenvalue weighted by atomic mass is 16.3. The van der Waals surface area contributed by atoms with Gasteiger partial charge in [0.25, 0.3) is 0 Å². The van der Waals surface area contributed by atoms with Crippen LogP contribution in [0, 0.1) is 5.92 Å². The molecule has 0 spiro atoms. The van der Waals surface area contributed by atoms with Crippen molar-refractivity contribution < 1.29 is 9.90 Å². The number of rotatable bonds is 3. The van der Waals surface area contributed by atoms with Crippen LogP contribution in [0.1, 0.15) is 6.92 Å². The molecule has 0 saturated carbocycles. The zero-order chi connectivity index (χ0) is 9.14. The molecule has 4 heteroatoms. The third kappa shape index (κ3) is 2.19. The SMILES string of the molecule is CC(O)CN(C)C(=O)C1CNC1. The van der Waals surface area contributed by atoms with E-state index in [1.165, 1.54) is 0 Å². The second-order valence-electron chi connectivity index (χ2n) is 3.42. The average molecular weight is 172 g/mol. The second-order valence-corrected chi connectivity index (χ2v) is 3.42. The zero-order valence-electron chi connectivity index (χ0n) is 7.58. The number of nitrogens with zero attached hydrogens (tertiary/aromatic N) is 1. The molecular formula is C8H16N2O2. The molecule has 70 valence electrons. The molecule has 0 radical (unpaired) electrons. The number of likely N-dealkylation sites (N-methyl/N-ethyl adjacent to an activating group) is 1. The Hall–Kier alpha value is -0.610. The molecule has 0 aromatic carbocycles. The van der Waals surface area contributed by atoms with Crippen LogP contribution in [-0.2, 0) is 4.79 Å². The van der Waals surface area contributed by atoms with Crippen LogP contribution >= 0.6 is 0 Å². The highest BCUT2D eigenvalue weighted by Crippen LogP contribution is 2.06. The molecule has 1 heterocycles. The molecule has 1 aliphatic heterocycles. The van der Waals surface area contributed by atoms with E-state index in [9.17, 15) is 4.79 Å². The number of nitrogens with one attached hydrogen (secondary N) is 1. The van der Waals surface area contributed by atoms with Crippen LogP contribution in [0.4, 0.5) is 0 Å². The van der Waals surface area contributed by atoms with E-state index in [0.717, 1.165) is 13.1 Å². The minimum absolute atomic E-state index is 0.133. The van der Waals surface area contributed by atoms with Crippen molar-refractivity contribution in [2.75, 3.05) is 26.7 Å². The van der Waals surface area contributed by atoms with Crippen LogP contribution in [0.3, 0.4) is 0 Å². The highest BCUT2D eigenvalue weighted by molar-refractivity contribution is 5.79. The van der Waals surface area contributed by atoms with Gasteiger partial charge in [-0.15, -0.1) is 0 Å². The lowest BCUT2D eigenvalue weighted by atomic mass is 10.0. The minimum atomic E-state index is -0.438. The molecule has 2 N–H and O–H groups in total. The second kappa shape index (κ2) is 3.87. The molecule has 1 fully saturated rings. The lowest BCUT2D eigenvalue weighted by Gasteiger charge is -2.30. The van der Waals surface area contributed by atoms with Gasteiger partial charge in [-0.05, 0) is 6.92 Å². The minimum Gasteiger partial charge on any atom is -0.392 e. The molecule has 0 aromatic heterocycles. The lowest BCUT2D eigenvalue weighted by molar-refractivity contribution is -0.136. The number of aliphatic hydroxyl groups excluding tert-OH is 1. The number of amides is 1. The Kier molecular flexibility index (Phi) is 3.05. The number of hydrogen-bond acceptors (Lipinski definition) is 3. The molecule has 0 aliphatic carbocycles. The van der Waals surface area contributed by atoms with Crippen molar-refractivity contribution >= 4 is 5.91 Å². The summed E-state index contributed by atoms with van der Waals surface area (Å²) in [5.41, 5.74) is 0. The first-order valence-corrected chi connectivity index (χ1v) is 4.25. The first-order valence-electron chi connectivity index (χ1n) is 4.25. The Morgan fingerprint density at radius 2 is 2.33 bits per heavy atom. The summed E-state index contributed by atoms with van der Waals surface area (Å²) in [6.07, 6.45) is -0.438. The summed E-state index contributed by atoms with van der Waals surface area (Å²) in [5, 5.41) is 12.1. The Bertz CT molecular complexity index is 166. The normalized spacial score (nSPS) is 19.9. The van der Waals surface area contributed by atoms with E-state index in [0.29, 0.717) is 6.54 Å². The van der Waals surface area contributed by atoms with Gasteiger partial charge >= 0.3 is 0 Å². The summed E-state index contributed by atoms with van der Waals surface area (Å²) < 4.78 is 0. The van der Waals surface area contributed by atoms with Crippen LogP contribution in [0.15, 0.2) is 0 Å². The van der Waals surface area contributed by atoms with Gasteiger partial charge in [-0.1, -0.05) is 0 Å². The summed E-state index contributed by atoms with van der Waals surface area (Å²) in [6.45, 7) is 3.67. The molecule has 1 amide bonds. The maximum Gasteiger partial charge on any atom is 0.228 e. The smallest absolute Gasteiger partial charge is 0.228 e. The van der Waals surface area contributed by atoms with E-state index in [2.05, 4.69) is 5.32 Å². The summed E-state index contributed by atoms with van der Waals surface area (Å²) >= 11 is 0. The average Bonchev–Trinajstić information content (AvgIpc) is 1.81. The van der Waals surface area contributed by atoms with Gasteiger partial charge in [0.05, 0.1) is 12.0 Å². The molecule has 1 rings (SSSR count). The first-order chi connectivity index (χ1) is 5.61. The van der Waals surface area contributed by atoms with Crippen LogP contribution in [-0.4, -0.2) is 48.7 Å². The van der Waals surface area contributed by atoms with Crippen molar-refractivity contribution in [1.82, 2.24) is 10.2 Å². The fourth-order valence-electron chi connectivity index (χ4n) is 1.26. The van der Waals surface area contributed by atoms with Gasteiger partial charge in [0, 0.05) is 26.7 Å². The quantitative estimate of drug-likeness (QED) is 0.577. The third-order valence-electron chi connectivity index (χ3n) is 2.05. The van der Waals surface area contributed by atoms with E-state index < -0.39 is 6.10 Å². The first kappa shape index (κ1) is 9.48. The lowest BCUT2D eigenvalue weighted by Crippen LogP contribution is -2.52. The fourth-order valence-corrected chi connectivity index (χ4v) is 1.26. The van der Waals surface area contributed by atoms with Gasteiger partial charge in [-0.3, -0.25) is 4.79 Å². The van der Waals surface area contributed by atoms with Gasteiger partial charge < -0.3 is 15.3 Å². The molecule has 1 saturated heterocycles. The summed E-state index contributed by atoms with van der Waals surface area (Å²) in [5.74, 6) is 0.267. The number of carbonyl (C=O) groups is 1. The number of hydrogen-bond donors (Lipinski definition) is 2. The topological polar surface area (TPSA) is 52.6 Å². The number of carbonyl (C=O) groups excluding carboxylic acids is 1. The van der Waals surface area contributed by atoms with Crippen LogP contribution < -0.4 is 5.32 Å².